The molecule has 1 unspecified atom stereocenters. The van der Waals surface area contributed by atoms with Crippen LogP contribution in [0.3, 0.4) is 0 Å². The second-order valence-corrected chi connectivity index (χ2v) is 7.33. The van der Waals surface area contributed by atoms with Crippen molar-refractivity contribution in [3.63, 3.8) is 0 Å². The molecule has 9 heteroatoms. The van der Waals surface area contributed by atoms with Gasteiger partial charge in [-0.3, -0.25) is 0 Å². The number of fused-ring (bicyclic) bond motifs is 1. The summed E-state index contributed by atoms with van der Waals surface area (Å²) in [4.78, 5) is 20.1. The van der Waals surface area contributed by atoms with Gasteiger partial charge in [0, 0.05) is 17.8 Å². The molecule has 0 aliphatic heterocycles. The number of rotatable bonds is 6. The maximum Gasteiger partial charge on any atom is 0.416 e. The number of carboxylic acids is 2. The van der Waals surface area contributed by atoms with Gasteiger partial charge in [0.05, 0.1) is 12.2 Å². The molecule has 0 spiro atoms. The van der Waals surface area contributed by atoms with Gasteiger partial charge >= 0.3 is 18.1 Å². The molecule has 3 aromatic rings. The maximum atomic E-state index is 13.0. The summed E-state index contributed by atoms with van der Waals surface area (Å²) in [6.07, 6.45) is -3.76. The number of hydrogen-bond acceptors (Lipinski definition) is 4. The molecule has 33 heavy (non-hydrogen) atoms. The van der Waals surface area contributed by atoms with E-state index in [1.165, 1.54) is 12.1 Å². The van der Waals surface area contributed by atoms with E-state index in [9.17, 15) is 13.2 Å². The molecule has 0 aliphatic carbocycles. The molecular formula is C24H24F3NO5. The van der Waals surface area contributed by atoms with Crippen LogP contribution in [0.1, 0.15) is 23.6 Å². The average molecular weight is 463 g/mol. The summed E-state index contributed by atoms with van der Waals surface area (Å²) >= 11 is 0. The molecule has 0 radical (unpaired) electrons. The Morgan fingerprint density at radius 3 is 2.15 bits per heavy atom. The summed E-state index contributed by atoms with van der Waals surface area (Å²) in [6.45, 7) is 0.410. The van der Waals surface area contributed by atoms with E-state index >= 15 is 0 Å². The second-order valence-electron chi connectivity index (χ2n) is 7.33. The summed E-state index contributed by atoms with van der Waals surface area (Å²) in [5, 5.41) is 16.9. The Balaban J connectivity index is 0.000000569. The molecule has 2 N–H and O–H groups in total. The highest BCUT2D eigenvalue weighted by molar-refractivity contribution is 6.27. The first kappa shape index (κ1) is 25.7. The van der Waals surface area contributed by atoms with Crippen molar-refractivity contribution in [2.24, 2.45) is 0 Å². The van der Waals surface area contributed by atoms with Gasteiger partial charge < -0.3 is 19.8 Å². The quantitative estimate of drug-likeness (QED) is 0.496. The highest BCUT2D eigenvalue weighted by atomic mass is 19.4. The van der Waals surface area contributed by atoms with E-state index in [-0.39, 0.29) is 6.04 Å². The van der Waals surface area contributed by atoms with E-state index < -0.39 is 23.7 Å². The summed E-state index contributed by atoms with van der Waals surface area (Å²) in [5.74, 6) is -2.86. The first-order chi connectivity index (χ1) is 15.5. The standard InChI is InChI=1S/C22H22F3NO.C2H2O4/c1-26(2)20(17-9-5-10-18(15-17)22(23,24)25)13-14-27-21-12-6-8-16-7-3-4-11-19(16)21;3-1(4)2(5)6/h3-12,15,20H,13-14H2,1-2H3;(H,3,4)(H,5,6). The number of carboxylic acid groups (broad SMARTS) is 2. The normalized spacial score (nSPS) is 12.1. The van der Waals surface area contributed by atoms with Crippen molar-refractivity contribution in [1.29, 1.82) is 0 Å². The summed E-state index contributed by atoms with van der Waals surface area (Å²) in [6, 6.07) is 19.2. The second kappa shape index (κ2) is 11.3. The topological polar surface area (TPSA) is 87.1 Å². The zero-order chi connectivity index (χ0) is 24.6. The molecule has 1 atom stereocenters. The Labute approximate surface area is 188 Å². The van der Waals surface area contributed by atoms with Gasteiger partial charge in [-0.25, -0.2) is 9.59 Å². The minimum absolute atomic E-state index is 0.165. The van der Waals surface area contributed by atoms with Crippen LogP contribution < -0.4 is 4.74 Å². The number of ether oxygens (including phenoxy) is 1. The SMILES string of the molecule is CN(C)C(CCOc1cccc2ccccc12)c1cccc(C(F)(F)F)c1.O=C(O)C(=O)O. The van der Waals surface area contributed by atoms with E-state index in [0.29, 0.717) is 18.6 Å². The number of halogens is 3. The van der Waals surface area contributed by atoms with Crippen LogP contribution in [0.5, 0.6) is 5.75 Å². The molecular weight excluding hydrogens is 439 g/mol. The molecule has 6 nitrogen and oxygen atoms in total. The fourth-order valence-corrected chi connectivity index (χ4v) is 3.25. The van der Waals surface area contributed by atoms with Gasteiger partial charge in [0.2, 0.25) is 0 Å². The third-order valence-electron chi connectivity index (χ3n) is 4.80. The van der Waals surface area contributed by atoms with Gasteiger partial charge in [0.25, 0.3) is 0 Å². The number of hydrogen-bond donors (Lipinski definition) is 2. The van der Waals surface area contributed by atoms with Crippen molar-refractivity contribution in [1.82, 2.24) is 4.90 Å². The van der Waals surface area contributed by atoms with Crippen LogP contribution in [0.15, 0.2) is 66.7 Å². The fraction of sp³-hybridized carbons (Fsp3) is 0.250. The minimum Gasteiger partial charge on any atom is -0.493 e. The van der Waals surface area contributed by atoms with Crippen molar-refractivity contribution in [3.8, 4) is 5.75 Å². The Hall–Kier alpha value is -3.59. The summed E-state index contributed by atoms with van der Waals surface area (Å²) in [5.41, 5.74) is 0.0122. The van der Waals surface area contributed by atoms with Crippen LogP contribution in [0, 0.1) is 0 Å². The lowest BCUT2D eigenvalue weighted by molar-refractivity contribution is -0.159. The van der Waals surface area contributed by atoms with Crippen molar-refractivity contribution < 1.29 is 37.7 Å². The van der Waals surface area contributed by atoms with Gasteiger partial charge in [-0.15, -0.1) is 0 Å². The molecule has 0 bridgehead atoms. The van der Waals surface area contributed by atoms with Crippen molar-refractivity contribution in [2.75, 3.05) is 20.7 Å². The molecule has 0 saturated heterocycles. The zero-order valence-corrected chi connectivity index (χ0v) is 18.0. The Morgan fingerprint density at radius 2 is 1.55 bits per heavy atom. The average Bonchev–Trinajstić information content (AvgIpc) is 2.76. The highest BCUT2D eigenvalue weighted by Crippen LogP contribution is 2.33. The van der Waals surface area contributed by atoms with E-state index in [4.69, 9.17) is 24.5 Å². The fourth-order valence-electron chi connectivity index (χ4n) is 3.25. The number of aliphatic carboxylic acids is 2. The summed E-state index contributed by atoms with van der Waals surface area (Å²) < 4.78 is 45.0. The van der Waals surface area contributed by atoms with E-state index in [1.807, 2.05) is 61.5 Å². The van der Waals surface area contributed by atoms with E-state index in [2.05, 4.69) is 0 Å². The Kier molecular flexibility index (Phi) is 8.81. The lowest BCUT2D eigenvalue weighted by Crippen LogP contribution is -2.22. The van der Waals surface area contributed by atoms with Crippen molar-refractivity contribution >= 4 is 22.7 Å². The van der Waals surface area contributed by atoms with E-state index in [1.54, 1.807) is 6.07 Å². The zero-order valence-electron chi connectivity index (χ0n) is 18.0. The lowest BCUT2D eigenvalue weighted by Gasteiger charge is -2.25. The minimum atomic E-state index is -4.34. The number of benzene rings is 3. The van der Waals surface area contributed by atoms with Crippen LogP contribution in [-0.4, -0.2) is 47.8 Å². The largest absolute Gasteiger partial charge is 0.493 e. The maximum absolute atomic E-state index is 13.0. The predicted molar refractivity (Wildman–Crippen MR) is 117 cm³/mol. The van der Waals surface area contributed by atoms with Gasteiger partial charge in [-0.2, -0.15) is 13.2 Å². The van der Waals surface area contributed by atoms with Crippen molar-refractivity contribution in [3.05, 3.63) is 77.9 Å². The third kappa shape index (κ3) is 7.50. The van der Waals surface area contributed by atoms with Crippen LogP contribution >= 0.6 is 0 Å². The molecule has 0 aliphatic rings. The third-order valence-corrected chi connectivity index (χ3v) is 4.80. The Morgan fingerprint density at radius 1 is 0.939 bits per heavy atom. The van der Waals surface area contributed by atoms with Crippen LogP contribution in [0.25, 0.3) is 10.8 Å². The lowest BCUT2D eigenvalue weighted by atomic mass is 10.0. The molecule has 3 rings (SSSR count). The van der Waals surface area contributed by atoms with Crippen molar-refractivity contribution in [2.45, 2.75) is 18.6 Å². The molecule has 0 fully saturated rings. The van der Waals surface area contributed by atoms with Crippen LogP contribution in [0.4, 0.5) is 13.2 Å². The molecule has 0 aromatic heterocycles. The number of nitrogens with zero attached hydrogens (tertiary/aromatic N) is 1. The highest BCUT2D eigenvalue weighted by Gasteiger charge is 2.31. The summed E-state index contributed by atoms with van der Waals surface area (Å²) in [7, 11) is 3.73. The smallest absolute Gasteiger partial charge is 0.416 e. The molecule has 0 saturated carbocycles. The van der Waals surface area contributed by atoms with Gasteiger partial charge in [0.1, 0.15) is 5.75 Å². The van der Waals surface area contributed by atoms with Gasteiger partial charge in [-0.1, -0.05) is 48.5 Å². The first-order valence-electron chi connectivity index (χ1n) is 9.91. The van der Waals surface area contributed by atoms with E-state index in [0.717, 1.165) is 22.6 Å². The molecule has 176 valence electrons. The van der Waals surface area contributed by atoms with Gasteiger partial charge in [0.15, 0.2) is 0 Å². The molecule has 0 amide bonds. The Bertz CT molecular complexity index is 1080. The first-order valence-corrected chi connectivity index (χ1v) is 9.91. The number of alkyl halides is 3. The van der Waals surface area contributed by atoms with Crippen LogP contribution in [-0.2, 0) is 15.8 Å². The molecule has 3 aromatic carbocycles. The monoisotopic (exact) mass is 463 g/mol. The predicted octanol–water partition coefficient (Wildman–Crippen LogP) is 5.09. The number of carbonyl (C=O) groups is 2. The van der Waals surface area contributed by atoms with Gasteiger partial charge in [-0.05, 0) is 43.2 Å². The molecule has 0 heterocycles. The van der Waals surface area contributed by atoms with Crippen LogP contribution in [0.2, 0.25) is 0 Å².